The van der Waals surface area contributed by atoms with E-state index in [1.165, 1.54) is 6.08 Å². The normalized spacial score (nSPS) is 12.6. The van der Waals surface area contributed by atoms with Gasteiger partial charge in [0.15, 0.2) is 0 Å². The number of esters is 1. The van der Waals surface area contributed by atoms with Gasteiger partial charge in [-0.2, -0.15) is 4.80 Å². The van der Waals surface area contributed by atoms with E-state index >= 15 is 0 Å². The van der Waals surface area contributed by atoms with Crippen LogP contribution in [0, 0.1) is 0 Å². The third kappa shape index (κ3) is 5.01. The number of rotatable bonds is 3. The number of tetrazole rings is 1. The molecule has 6 heteroatoms. The number of nitrogens with zero attached hydrogens (tertiary/aromatic N) is 4. The molecule has 1 aromatic heterocycles. The molecule has 1 heterocycles. The third-order valence-electron chi connectivity index (χ3n) is 3.00. The first-order valence-corrected chi connectivity index (χ1v) is 7.87. The predicted octanol–water partition coefficient (Wildman–Crippen LogP) is 3.45. The fraction of sp³-hybridized carbons (Fsp3) is 0.444. The van der Waals surface area contributed by atoms with Crippen LogP contribution in [0.1, 0.15) is 47.1 Å². The fourth-order valence-corrected chi connectivity index (χ4v) is 1.86. The van der Waals surface area contributed by atoms with Crippen molar-refractivity contribution < 1.29 is 9.53 Å². The molecule has 0 unspecified atom stereocenters. The molecule has 0 spiro atoms. The van der Waals surface area contributed by atoms with Crippen molar-refractivity contribution in [2.45, 2.75) is 52.7 Å². The Kier molecular flexibility index (Phi) is 4.87. The molecular formula is C18H24N4O2. The first-order valence-electron chi connectivity index (χ1n) is 7.87. The predicted molar refractivity (Wildman–Crippen MR) is 93.1 cm³/mol. The molecule has 0 aliphatic heterocycles. The lowest BCUT2D eigenvalue weighted by Gasteiger charge is -2.17. The summed E-state index contributed by atoms with van der Waals surface area (Å²) in [6.45, 7) is 11.6. The standard InChI is InChI=1S/C18H24N4O2/c1-17(2,3)22-20-16(19-21-22)14-10-7-13(8-11-14)9-12-15(23)24-18(4,5)6/h7-12H,1-6H3. The van der Waals surface area contributed by atoms with Gasteiger partial charge >= 0.3 is 5.97 Å². The van der Waals surface area contributed by atoms with Gasteiger partial charge in [-0.1, -0.05) is 24.3 Å². The monoisotopic (exact) mass is 328 g/mol. The van der Waals surface area contributed by atoms with E-state index in [-0.39, 0.29) is 11.5 Å². The number of ether oxygens (including phenoxy) is 1. The van der Waals surface area contributed by atoms with Crippen molar-refractivity contribution in [3.05, 3.63) is 35.9 Å². The van der Waals surface area contributed by atoms with E-state index < -0.39 is 5.60 Å². The van der Waals surface area contributed by atoms with Gasteiger partial charge in [0.05, 0.1) is 5.54 Å². The lowest BCUT2D eigenvalue weighted by molar-refractivity contribution is -0.148. The smallest absolute Gasteiger partial charge is 0.331 e. The van der Waals surface area contributed by atoms with Gasteiger partial charge in [0.1, 0.15) is 5.60 Å². The highest BCUT2D eigenvalue weighted by Crippen LogP contribution is 2.18. The number of hydrogen-bond acceptors (Lipinski definition) is 5. The van der Waals surface area contributed by atoms with Crippen LogP contribution in [0.3, 0.4) is 0 Å². The van der Waals surface area contributed by atoms with Crippen molar-refractivity contribution in [2.24, 2.45) is 0 Å². The van der Waals surface area contributed by atoms with Crippen molar-refractivity contribution in [1.82, 2.24) is 20.2 Å². The van der Waals surface area contributed by atoms with E-state index in [2.05, 4.69) is 15.4 Å². The van der Waals surface area contributed by atoms with E-state index in [1.807, 2.05) is 65.8 Å². The zero-order chi connectivity index (χ0) is 18.0. The van der Waals surface area contributed by atoms with Crippen LogP contribution in [0.5, 0.6) is 0 Å². The summed E-state index contributed by atoms with van der Waals surface area (Å²) >= 11 is 0. The summed E-state index contributed by atoms with van der Waals surface area (Å²) in [5.74, 6) is 0.217. The van der Waals surface area contributed by atoms with Gasteiger partial charge in [-0.05, 0) is 58.4 Å². The van der Waals surface area contributed by atoms with Gasteiger partial charge < -0.3 is 4.74 Å². The number of carbonyl (C=O) groups is 1. The zero-order valence-corrected chi connectivity index (χ0v) is 15.1. The van der Waals surface area contributed by atoms with Gasteiger partial charge in [-0.3, -0.25) is 0 Å². The number of benzene rings is 1. The van der Waals surface area contributed by atoms with E-state index in [4.69, 9.17) is 4.74 Å². The summed E-state index contributed by atoms with van der Waals surface area (Å²) in [5.41, 5.74) is 1.07. The highest BCUT2D eigenvalue weighted by Gasteiger charge is 2.17. The average Bonchev–Trinajstić information content (AvgIpc) is 2.93. The SMILES string of the molecule is CC(C)(C)OC(=O)C=Cc1ccc(-c2nnn(C(C)(C)C)n2)cc1. The van der Waals surface area contributed by atoms with Crippen molar-refractivity contribution >= 4 is 12.0 Å². The number of aromatic nitrogens is 4. The summed E-state index contributed by atoms with van der Waals surface area (Å²) < 4.78 is 5.23. The highest BCUT2D eigenvalue weighted by molar-refractivity contribution is 5.87. The molecule has 2 aromatic rings. The molecule has 24 heavy (non-hydrogen) atoms. The summed E-state index contributed by atoms with van der Waals surface area (Å²) in [4.78, 5) is 13.3. The largest absolute Gasteiger partial charge is 0.457 e. The topological polar surface area (TPSA) is 69.9 Å². The van der Waals surface area contributed by atoms with Crippen molar-refractivity contribution in [3.8, 4) is 11.4 Å². The van der Waals surface area contributed by atoms with Crippen LogP contribution in [0.4, 0.5) is 0 Å². The van der Waals surface area contributed by atoms with E-state index in [0.29, 0.717) is 5.82 Å². The third-order valence-corrected chi connectivity index (χ3v) is 3.00. The molecule has 0 amide bonds. The van der Waals surface area contributed by atoms with E-state index in [1.54, 1.807) is 10.9 Å². The van der Waals surface area contributed by atoms with Gasteiger partial charge in [0.25, 0.3) is 0 Å². The summed E-state index contributed by atoms with van der Waals surface area (Å²) in [6, 6.07) is 7.60. The van der Waals surface area contributed by atoms with Crippen molar-refractivity contribution in [2.75, 3.05) is 0 Å². The molecule has 0 saturated heterocycles. The number of hydrogen-bond donors (Lipinski definition) is 0. The van der Waals surface area contributed by atoms with Crippen LogP contribution < -0.4 is 0 Å². The lowest BCUT2D eigenvalue weighted by atomic mass is 10.1. The Hall–Kier alpha value is -2.50. The maximum Gasteiger partial charge on any atom is 0.331 e. The van der Waals surface area contributed by atoms with Crippen LogP contribution in [0.15, 0.2) is 30.3 Å². The highest BCUT2D eigenvalue weighted by atomic mass is 16.6. The first kappa shape index (κ1) is 17.8. The quantitative estimate of drug-likeness (QED) is 0.637. The molecular weight excluding hydrogens is 304 g/mol. The van der Waals surface area contributed by atoms with Crippen LogP contribution in [0.25, 0.3) is 17.5 Å². The molecule has 0 aliphatic carbocycles. The van der Waals surface area contributed by atoms with Gasteiger partial charge in [0.2, 0.25) is 5.82 Å². The maximum atomic E-state index is 11.7. The Morgan fingerprint density at radius 2 is 1.71 bits per heavy atom. The van der Waals surface area contributed by atoms with Gasteiger partial charge in [-0.25, -0.2) is 4.79 Å². The zero-order valence-electron chi connectivity index (χ0n) is 15.1. The molecule has 2 rings (SSSR count). The average molecular weight is 328 g/mol. The molecule has 0 atom stereocenters. The molecule has 0 N–H and O–H groups in total. The fourth-order valence-electron chi connectivity index (χ4n) is 1.86. The minimum Gasteiger partial charge on any atom is -0.457 e. The Labute approximate surface area is 142 Å². The van der Waals surface area contributed by atoms with Crippen LogP contribution in [-0.2, 0) is 15.1 Å². The second kappa shape index (κ2) is 6.55. The van der Waals surface area contributed by atoms with Crippen molar-refractivity contribution in [3.63, 3.8) is 0 Å². The van der Waals surface area contributed by atoms with Gasteiger partial charge in [-0.15, -0.1) is 10.2 Å². The second-order valence-corrected chi connectivity index (χ2v) is 7.56. The Morgan fingerprint density at radius 1 is 1.08 bits per heavy atom. The summed E-state index contributed by atoms with van der Waals surface area (Å²) in [6.07, 6.45) is 3.14. The molecule has 0 aliphatic rings. The van der Waals surface area contributed by atoms with Crippen LogP contribution in [0.2, 0.25) is 0 Å². The molecule has 0 fully saturated rings. The summed E-state index contributed by atoms with van der Waals surface area (Å²) in [5, 5.41) is 12.6. The Morgan fingerprint density at radius 3 is 2.21 bits per heavy atom. The minimum atomic E-state index is -0.490. The maximum absolute atomic E-state index is 11.7. The van der Waals surface area contributed by atoms with Crippen LogP contribution >= 0.6 is 0 Å². The van der Waals surface area contributed by atoms with E-state index in [0.717, 1.165) is 11.1 Å². The minimum absolute atomic E-state index is 0.207. The molecule has 128 valence electrons. The Balaban J connectivity index is 2.08. The molecule has 0 bridgehead atoms. The van der Waals surface area contributed by atoms with E-state index in [9.17, 15) is 4.79 Å². The lowest BCUT2D eigenvalue weighted by Crippen LogP contribution is -2.24. The molecule has 6 nitrogen and oxygen atoms in total. The number of carbonyl (C=O) groups excluding carboxylic acids is 1. The second-order valence-electron chi connectivity index (χ2n) is 7.56. The van der Waals surface area contributed by atoms with Gasteiger partial charge in [0, 0.05) is 11.6 Å². The summed E-state index contributed by atoms with van der Waals surface area (Å²) in [7, 11) is 0. The first-order chi connectivity index (χ1) is 11.0. The molecule has 1 aromatic carbocycles. The van der Waals surface area contributed by atoms with Crippen molar-refractivity contribution in [1.29, 1.82) is 0 Å². The van der Waals surface area contributed by atoms with Crippen LogP contribution in [-0.4, -0.2) is 31.8 Å². The Bertz CT molecular complexity index is 732. The molecule has 0 saturated carbocycles. The molecule has 0 radical (unpaired) electrons.